The quantitative estimate of drug-likeness (QED) is 0.454. The van der Waals surface area contributed by atoms with Gasteiger partial charge in [0, 0.05) is 0 Å². The Bertz CT molecular complexity index is 67.3. The molecule has 0 unspecified atom stereocenters. The molecule has 0 aromatic carbocycles. The zero-order valence-electron chi connectivity index (χ0n) is 3.09. The van der Waals surface area contributed by atoms with Gasteiger partial charge in [0.05, 0.1) is 0 Å². The SMILES string of the molecule is [OH-].c1c[se]c[nH+]1. The van der Waals surface area contributed by atoms with Crippen molar-refractivity contribution in [2.24, 2.45) is 0 Å². The summed E-state index contributed by atoms with van der Waals surface area (Å²) in [6.45, 7) is 0. The Hall–Kier alpha value is -0.111. The molecule has 0 aliphatic rings. The van der Waals surface area contributed by atoms with Crippen molar-refractivity contribution in [1.29, 1.82) is 0 Å². The van der Waals surface area contributed by atoms with E-state index in [-0.39, 0.29) is 5.48 Å². The molecular weight excluding hydrogens is 145 g/mol. The van der Waals surface area contributed by atoms with Gasteiger partial charge in [0.15, 0.2) is 0 Å². The molecule has 0 saturated heterocycles. The Morgan fingerprint density at radius 3 is 2.50 bits per heavy atom. The van der Waals surface area contributed by atoms with E-state index in [2.05, 4.69) is 15.0 Å². The Labute approximate surface area is 41.9 Å². The number of hydrogen-bond donors (Lipinski definition) is 0. The molecule has 2 nitrogen and oxygen atoms in total. The molecule has 0 aliphatic carbocycles. The van der Waals surface area contributed by atoms with Crippen LogP contribution in [0.3, 0.4) is 0 Å². The molecule has 0 amide bonds. The fraction of sp³-hybridized carbons (Fsp3) is 0. The second kappa shape index (κ2) is 3.09. The van der Waals surface area contributed by atoms with Crippen LogP contribution in [0.2, 0.25) is 0 Å². The number of hydrogen-bond acceptors (Lipinski definition) is 1. The minimum absolute atomic E-state index is 0. The van der Waals surface area contributed by atoms with E-state index in [4.69, 9.17) is 0 Å². The summed E-state index contributed by atoms with van der Waals surface area (Å²) < 4.78 is 0. The zero-order chi connectivity index (χ0) is 3.54. The Morgan fingerprint density at radius 1 is 1.50 bits per heavy atom. The van der Waals surface area contributed by atoms with Crippen LogP contribution in [0, 0.1) is 0 Å². The Morgan fingerprint density at radius 2 is 2.33 bits per heavy atom. The van der Waals surface area contributed by atoms with Gasteiger partial charge in [0.1, 0.15) is 0 Å². The Balaban J connectivity index is 0.000000250. The van der Waals surface area contributed by atoms with Crippen LogP contribution in [-0.2, 0) is 0 Å². The molecule has 0 spiro atoms. The molecule has 0 aliphatic heterocycles. The predicted molar refractivity (Wildman–Crippen MR) is 21.9 cm³/mol. The molecular formula is C3H5NOSe. The maximum atomic E-state index is 2.94. The van der Waals surface area contributed by atoms with Crippen molar-refractivity contribution in [1.82, 2.24) is 0 Å². The normalized spacial score (nSPS) is 6.67. The topological polar surface area (TPSA) is 44.1 Å². The monoisotopic (exact) mass is 151 g/mol. The van der Waals surface area contributed by atoms with Crippen LogP contribution in [0.1, 0.15) is 0 Å². The summed E-state index contributed by atoms with van der Waals surface area (Å²) in [5, 5.41) is 2.06. The van der Waals surface area contributed by atoms with Crippen molar-refractivity contribution < 1.29 is 10.5 Å². The van der Waals surface area contributed by atoms with Crippen molar-refractivity contribution in [3.63, 3.8) is 0 Å². The zero-order valence-corrected chi connectivity index (χ0v) is 4.80. The van der Waals surface area contributed by atoms with Gasteiger partial charge in [-0.15, -0.1) is 0 Å². The van der Waals surface area contributed by atoms with Crippen LogP contribution in [0.4, 0.5) is 0 Å². The fourth-order valence-corrected chi connectivity index (χ4v) is 1.02. The summed E-state index contributed by atoms with van der Waals surface area (Å²) >= 11 is 0.653. The summed E-state index contributed by atoms with van der Waals surface area (Å²) in [6.07, 6.45) is 1.96. The second-order valence-electron chi connectivity index (χ2n) is 0.723. The van der Waals surface area contributed by atoms with E-state index >= 15 is 0 Å². The predicted octanol–water partition coefficient (Wildman–Crippen LogP) is -0.619. The molecule has 1 aromatic heterocycles. The van der Waals surface area contributed by atoms with E-state index in [0.29, 0.717) is 14.5 Å². The van der Waals surface area contributed by atoms with Crippen molar-refractivity contribution in [2.45, 2.75) is 0 Å². The molecule has 2 N–H and O–H groups in total. The van der Waals surface area contributed by atoms with Crippen LogP contribution >= 0.6 is 0 Å². The number of nitrogens with one attached hydrogen (secondary N) is 1. The molecule has 6 heavy (non-hydrogen) atoms. The fourth-order valence-electron chi connectivity index (χ4n) is 0.196. The van der Waals surface area contributed by atoms with Gasteiger partial charge in [-0.25, -0.2) is 0 Å². The van der Waals surface area contributed by atoms with Crippen LogP contribution in [-0.4, -0.2) is 20.0 Å². The van der Waals surface area contributed by atoms with Crippen molar-refractivity contribution in [2.75, 3.05) is 0 Å². The van der Waals surface area contributed by atoms with Crippen molar-refractivity contribution in [3.05, 3.63) is 16.2 Å². The van der Waals surface area contributed by atoms with Gasteiger partial charge < -0.3 is 5.48 Å². The van der Waals surface area contributed by atoms with Gasteiger partial charge in [-0.1, -0.05) is 0 Å². The van der Waals surface area contributed by atoms with E-state index < -0.39 is 0 Å². The third-order valence-electron chi connectivity index (χ3n) is 0.379. The van der Waals surface area contributed by atoms with Gasteiger partial charge in [-0.05, 0) is 0 Å². The number of H-pyrrole nitrogens is 1. The van der Waals surface area contributed by atoms with Crippen LogP contribution in [0.5, 0.6) is 0 Å². The molecule has 3 heteroatoms. The Kier molecular flexibility index (Phi) is 3.04. The molecule has 0 radical (unpaired) electrons. The molecule has 1 heterocycles. The maximum absolute atomic E-state index is 2.94. The average Bonchev–Trinajstić information content (AvgIpc) is 1.76. The van der Waals surface area contributed by atoms with Gasteiger partial charge >= 0.3 is 35.7 Å². The molecule has 0 fully saturated rings. The molecule has 34 valence electrons. The van der Waals surface area contributed by atoms with Gasteiger partial charge in [0.2, 0.25) is 0 Å². The van der Waals surface area contributed by atoms with Gasteiger partial charge in [-0.3, -0.25) is 0 Å². The van der Waals surface area contributed by atoms with E-state index in [0.717, 1.165) is 0 Å². The minimum atomic E-state index is 0. The van der Waals surface area contributed by atoms with E-state index in [1.807, 2.05) is 6.20 Å². The summed E-state index contributed by atoms with van der Waals surface area (Å²) in [4.78, 5) is 5.08. The number of aromatic amines is 1. The summed E-state index contributed by atoms with van der Waals surface area (Å²) in [5.74, 6) is 0. The summed E-state index contributed by atoms with van der Waals surface area (Å²) in [6, 6.07) is 0. The van der Waals surface area contributed by atoms with E-state index in [1.54, 1.807) is 0 Å². The second-order valence-corrected chi connectivity index (χ2v) is 2.36. The number of aromatic nitrogens is 1. The number of rotatable bonds is 0. The van der Waals surface area contributed by atoms with Crippen molar-refractivity contribution >= 4 is 14.5 Å². The van der Waals surface area contributed by atoms with E-state index in [1.165, 1.54) is 0 Å². The average molecular weight is 150 g/mol. The van der Waals surface area contributed by atoms with Crippen LogP contribution < -0.4 is 4.98 Å². The molecule has 1 aromatic rings. The molecule has 0 atom stereocenters. The van der Waals surface area contributed by atoms with Crippen LogP contribution in [0.25, 0.3) is 0 Å². The molecule has 0 saturated carbocycles. The standard InChI is InChI=1S/C3H3NSe.H2O/c1-2-5-3-4-1;/h1-3H;1H2. The first kappa shape index (κ1) is 5.89. The first-order chi connectivity index (χ1) is 2.50. The summed E-state index contributed by atoms with van der Waals surface area (Å²) in [7, 11) is 0. The van der Waals surface area contributed by atoms with Crippen LogP contribution in [0.15, 0.2) is 16.2 Å². The van der Waals surface area contributed by atoms with Gasteiger partial charge in [-0.2, -0.15) is 0 Å². The third-order valence-corrected chi connectivity index (χ3v) is 1.57. The summed E-state index contributed by atoms with van der Waals surface area (Å²) in [5.41, 5.74) is 0. The molecule has 0 bridgehead atoms. The molecule has 1 rings (SSSR count). The van der Waals surface area contributed by atoms with E-state index in [9.17, 15) is 0 Å². The first-order valence-electron chi connectivity index (χ1n) is 1.38. The van der Waals surface area contributed by atoms with Crippen molar-refractivity contribution in [3.8, 4) is 0 Å². The first-order valence-corrected chi connectivity index (χ1v) is 3.36. The third kappa shape index (κ3) is 1.36. The van der Waals surface area contributed by atoms with Gasteiger partial charge in [0.25, 0.3) is 0 Å².